The number of carbonyl (C=O) groups excluding carboxylic acids is 4. The van der Waals surface area contributed by atoms with Crippen LogP contribution in [-0.2, 0) is 27.4 Å². The quantitative estimate of drug-likeness (QED) is 0.530. The van der Waals surface area contributed by atoms with Crippen molar-refractivity contribution in [1.82, 2.24) is 24.5 Å². The molecule has 1 aromatic carbocycles. The van der Waals surface area contributed by atoms with Crippen molar-refractivity contribution < 1.29 is 23.9 Å². The number of aryl methyl sites for hydroxylation is 2. The largest absolute Gasteiger partial charge is 0.466 e. The molecular formula is C27H35N5O5. The number of ether oxygens (including phenoxy) is 1. The second kappa shape index (κ2) is 11.6. The van der Waals surface area contributed by atoms with Crippen molar-refractivity contribution in [3.8, 4) is 0 Å². The van der Waals surface area contributed by atoms with Gasteiger partial charge in [-0.1, -0.05) is 24.3 Å². The topological polar surface area (TPSA) is 105 Å². The minimum absolute atomic E-state index is 0.0988. The molecule has 1 saturated heterocycles. The minimum atomic E-state index is -0.409. The molecule has 2 aliphatic heterocycles. The van der Waals surface area contributed by atoms with Crippen LogP contribution < -0.4 is 0 Å². The van der Waals surface area contributed by atoms with Gasteiger partial charge >= 0.3 is 5.97 Å². The van der Waals surface area contributed by atoms with E-state index in [-0.39, 0.29) is 35.9 Å². The van der Waals surface area contributed by atoms with Gasteiger partial charge < -0.3 is 19.4 Å². The number of fused-ring (bicyclic) bond motifs is 1. The van der Waals surface area contributed by atoms with Gasteiger partial charge in [0.2, 0.25) is 5.91 Å². The number of benzene rings is 1. The first kappa shape index (κ1) is 26.4. The Morgan fingerprint density at radius 1 is 1.11 bits per heavy atom. The average molecular weight is 510 g/mol. The molecule has 0 saturated carbocycles. The molecule has 1 fully saturated rings. The number of aromatic nitrogens is 2. The van der Waals surface area contributed by atoms with Gasteiger partial charge in [0.1, 0.15) is 5.69 Å². The number of esters is 1. The van der Waals surface area contributed by atoms with Crippen molar-refractivity contribution >= 4 is 23.7 Å². The maximum atomic E-state index is 13.3. The number of piperidine rings is 1. The van der Waals surface area contributed by atoms with E-state index in [1.807, 2.05) is 31.2 Å². The zero-order valence-electron chi connectivity index (χ0n) is 21.8. The smallest absolute Gasteiger partial charge is 0.309 e. The molecule has 1 aromatic heterocycles. The number of likely N-dealkylation sites (N-methyl/N-ethyl adjacent to an activating group) is 1. The molecule has 37 heavy (non-hydrogen) atoms. The lowest BCUT2D eigenvalue weighted by atomic mass is 9.97. The first-order valence-corrected chi connectivity index (χ1v) is 12.9. The second-order valence-electron chi connectivity index (χ2n) is 9.71. The fraction of sp³-hybridized carbons (Fsp3) is 0.519. The third-order valence-electron chi connectivity index (χ3n) is 7.11. The van der Waals surface area contributed by atoms with E-state index in [1.165, 1.54) is 11.0 Å². The molecule has 0 spiro atoms. The number of hydrogen-bond donors (Lipinski definition) is 0. The summed E-state index contributed by atoms with van der Waals surface area (Å²) in [4.78, 5) is 56.0. The standard InChI is InChI=1S/C27H35N5O5/c1-4-37-27(36)20-10-14-30(15-11-20)24(33)18-29(3)25(34)22-16-23-26(35)31(12-7-13-32(23)28-22)17-21-9-6-5-8-19(21)2/h5-6,8-9,16,20H,4,7,10-15,17-18H2,1-3H3. The van der Waals surface area contributed by atoms with E-state index in [4.69, 9.17) is 4.74 Å². The minimum Gasteiger partial charge on any atom is -0.466 e. The van der Waals surface area contributed by atoms with Crippen molar-refractivity contribution in [2.75, 3.05) is 39.8 Å². The molecule has 10 nitrogen and oxygen atoms in total. The molecule has 2 aliphatic rings. The lowest BCUT2D eigenvalue weighted by molar-refractivity contribution is -0.151. The highest BCUT2D eigenvalue weighted by molar-refractivity contribution is 5.99. The molecule has 2 aromatic rings. The molecule has 3 heterocycles. The highest BCUT2D eigenvalue weighted by Crippen LogP contribution is 2.20. The van der Waals surface area contributed by atoms with E-state index >= 15 is 0 Å². The Hall–Kier alpha value is -3.69. The third-order valence-corrected chi connectivity index (χ3v) is 7.11. The molecule has 0 aliphatic carbocycles. The van der Waals surface area contributed by atoms with Gasteiger partial charge in [-0.25, -0.2) is 0 Å². The zero-order valence-corrected chi connectivity index (χ0v) is 21.8. The van der Waals surface area contributed by atoms with E-state index < -0.39 is 5.91 Å². The Labute approximate surface area is 217 Å². The van der Waals surface area contributed by atoms with Crippen LogP contribution in [0.5, 0.6) is 0 Å². The fourth-order valence-corrected chi connectivity index (χ4v) is 4.88. The monoisotopic (exact) mass is 509 g/mol. The van der Waals surface area contributed by atoms with E-state index in [9.17, 15) is 19.2 Å². The molecule has 0 unspecified atom stereocenters. The predicted octanol–water partition coefficient (Wildman–Crippen LogP) is 2.11. The summed E-state index contributed by atoms with van der Waals surface area (Å²) in [5.41, 5.74) is 2.75. The number of hydrogen-bond acceptors (Lipinski definition) is 6. The normalized spacial score (nSPS) is 16.2. The summed E-state index contributed by atoms with van der Waals surface area (Å²) in [7, 11) is 1.56. The van der Waals surface area contributed by atoms with Crippen LogP contribution in [0.2, 0.25) is 0 Å². The number of amides is 3. The van der Waals surface area contributed by atoms with Crippen LogP contribution in [0.15, 0.2) is 30.3 Å². The number of nitrogens with zero attached hydrogens (tertiary/aromatic N) is 5. The maximum absolute atomic E-state index is 13.3. The van der Waals surface area contributed by atoms with Gasteiger partial charge in [-0.05, 0) is 44.2 Å². The summed E-state index contributed by atoms with van der Waals surface area (Å²) in [5, 5.41) is 4.41. The Morgan fingerprint density at radius 3 is 2.54 bits per heavy atom. The van der Waals surface area contributed by atoms with Crippen molar-refractivity contribution in [3.63, 3.8) is 0 Å². The predicted molar refractivity (Wildman–Crippen MR) is 136 cm³/mol. The second-order valence-corrected chi connectivity index (χ2v) is 9.71. The highest BCUT2D eigenvalue weighted by Gasteiger charge is 2.31. The van der Waals surface area contributed by atoms with E-state index in [0.717, 1.165) is 17.5 Å². The first-order chi connectivity index (χ1) is 17.8. The summed E-state index contributed by atoms with van der Waals surface area (Å²) in [6.45, 7) is 6.61. The third kappa shape index (κ3) is 6.00. The van der Waals surface area contributed by atoms with Crippen molar-refractivity contribution in [2.45, 2.75) is 46.2 Å². The average Bonchev–Trinajstić information content (AvgIpc) is 3.26. The Kier molecular flexibility index (Phi) is 8.25. The van der Waals surface area contributed by atoms with Crippen LogP contribution in [0.4, 0.5) is 0 Å². The van der Waals surface area contributed by atoms with Gasteiger partial charge in [-0.2, -0.15) is 5.10 Å². The molecule has 3 amide bonds. The van der Waals surface area contributed by atoms with Crippen LogP contribution in [0.25, 0.3) is 0 Å². The highest BCUT2D eigenvalue weighted by atomic mass is 16.5. The number of rotatable bonds is 7. The first-order valence-electron chi connectivity index (χ1n) is 12.9. The van der Waals surface area contributed by atoms with E-state index in [1.54, 1.807) is 28.5 Å². The van der Waals surface area contributed by atoms with Crippen LogP contribution >= 0.6 is 0 Å². The summed E-state index contributed by atoms with van der Waals surface area (Å²) >= 11 is 0. The molecular weight excluding hydrogens is 474 g/mol. The Morgan fingerprint density at radius 2 is 1.84 bits per heavy atom. The SMILES string of the molecule is CCOC(=O)C1CCN(C(=O)CN(C)C(=O)c2cc3n(n2)CCCN(Cc2ccccc2C)C3=O)CC1. The fourth-order valence-electron chi connectivity index (χ4n) is 4.88. The van der Waals surface area contributed by atoms with Gasteiger partial charge in [0.05, 0.1) is 19.1 Å². The van der Waals surface area contributed by atoms with Crippen LogP contribution in [0.3, 0.4) is 0 Å². The van der Waals surface area contributed by atoms with Crippen LogP contribution in [0, 0.1) is 12.8 Å². The molecule has 0 bridgehead atoms. The number of likely N-dealkylation sites (tertiary alicyclic amines) is 1. The van der Waals surface area contributed by atoms with Crippen LogP contribution in [0.1, 0.15) is 58.3 Å². The van der Waals surface area contributed by atoms with E-state index in [2.05, 4.69) is 5.10 Å². The molecule has 198 valence electrons. The van der Waals surface area contributed by atoms with Crippen molar-refractivity contribution in [2.24, 2.45) is 5.92 Å². The van der Waals surface area contributed by atoms with E-state index in [0.29, 0.717) is 57.9 Å². The van der Waals surface area contributed by atoms with Gasteiger partial charge in [0, 0.05) is 45.8 Å². The molecule has 4 rings (SSSR count). The van der Waals surface area contributed by atoms with Crippen molar-refractivity contribution in [1.29, 1.82) is 0 Å². The molecule has 0 atom stereocenters. The van der Waals surface area contributed by atoms with Gasteiger partial charge in [0.15, 0.2) is 5.69 Å². The molecule has 0 N–H and O–H groups in total. The molecule has 10 heteroatoms. The van der Waals surface area contributed by atoms with Crippen LogP contribution in [-0.4, -0.2) is 88.0 Å². The summed E-state index contributed by atoms with van der Waals surface area (Å²) in [6, 6.07) is 9.52. The lowest BCUT2D eigenvalue weighted by Gasteiger charge is -2.32. The zero-order chi connectivity index (χ0) is 26.5. The van der Waals surface area contributed by atoms with Gasteiger partial charge in [-0.15, -0.1) is 0 Å². The van der Waals surface area contributed by atoms with Crippen molar-refractivity contribution in [3.05, 3.63) is 52.8 Å². The molecule has 0 radical (unpaired) electrons. The van der Waals surface area contributed by atoms with Gasteiger partial charge in [0.25, 0.3) is 11.8 Å². The summed E-state index contributed by atoms with van der Waals surface area (Å²) < 4.78 is 6.68. The summed E-state index contributed by atoms with van der Waals surface area (Å²) in [6.07, 6.45) is 1.84. The summed E-state index contributed by atoms with van der Waals surface area (Å²) in [5.74, 6) is -1.15. The van der Waals surface area contributed by atoms with Gasteiger partial charge in [-0.3, -0.25) is 23.9 Å². The maximum Gasteiger partial charge on any atom is 0.309 e. The lowest BCUT2D eigenvalue weighted by Crippen LogP contribution is -2.45. The Balaban J connectivity index is 1.37. The Bertz CT molecular complexity index is 1170. The number of carbonyl (C=O) groups is 4.